The number of hydrazine groups is 1. The average Bonchev–Trinajstić information content (AvgIpc) is 2.41. The van der Waals surface area contributed by atoms with Gasteiger partial charge in [-0.25, -0.2) is 8.78 Å². The van der Waals surface area contributed by atoms with Gasteiger partial charge in [0.25, 0.3) is 0 Å². The summed E-state index contributed by atoms with van der Waals surface area (Å²) in [5.74, 6) is -2.28. The number of thiocarbonyl (C=S) groups is 1. The smallest absolute Gasteiger partial charge is 0.410 e. The number of nitrogens with zero attached hydrogens (tertiary/aromatic N) is 1. The summed E-state index contributed by atoms with van der Waals surface area (Å²) in [7, 11) is 0. The maximum atomic E-state index is 14.2. The molecule has 0 radical (unpaired) electrons. The molecule has 2 aromatic rings. The molecule has 0 saturated heterocycles. The van der Waals surface area contributed by atoms with E-state index < -0.39 is 24.0 Å². The summed E-state index contributed by atoms with van der Waals surface area (Å²) in [6.45, 7) is 0. The molecule has 1 aromatic heterocycles. The molecule has 0 aliphatic heterocycles. The van der Waals surface area contributed by atoms with Crippen LogP contribution in [0.1, 0.15) is 5.56 Å². The molecule has 104 valence electrons. The zero-order valence-electron chi connectivity index (χ0n) is 10.9. The molecular weight excluding hydrogens is 343 g/mol. The molecule has 0 aliphatic rings. The summed E-state index contributed by atoms with van der Waals surface area (Å²) in [6, 6.07) is 4.09. The van der Waals surface area contributed by atoms with E-state index in [2.05, 4.69) is 40.7 Å². The molecule has 0 bridgehead atoms. The zero-order chi connectivity index (χ0) is 14.7. The third-order valence-electron chi connectivity index (χ3n) is 2.53. The van der Waals surface area contributed by atoms with Gasteiger partial charge in [0.2, 0.25) is 5.91 Å². The van der Waals surface area contributed by atoms with Crippen molar-refractivity contribution >= 4 is 46.0 Å². The molecule has 2 N–H and O–H groups in total. The van der Waals surface area contributed by atoms with Crippen LogP contribution in [0.25, 0.3) is 10.9 Å². The number of aromatic nitrogens is 1. The first-order valence-electron chi connectivity index (χ1n) is 5.46. The summed E-state index contributed by atoms with van der Waals surface area (Å²) in [6.07, 6.45) is 0.954. The molecule has 0 fully saturated rings. The number of carbonyl (C=O) groups excluding carboxylic acids is 1. The Balaban J connectivity index is 0.00000220. The summed E-state index contributed by atoms with van der Waals surface area (Å²) in [5, 5.41) is 0.156. The Morgan fingerprint density at radius 3 is 2.76 bits per heavy atom. The predicted octanol–water partition coefficient (Wildman–Crippen LogP) is -1.49. The van der Waals surface area contributed by atoms with Crippen molar-refractivity contribution in [2.75, 3.05) is 0 Å². The molecule has 0 saturated carbocycles. The Morgan fingerprint density at radius 2 is 2.10 bits per heavy atom. The Kier molecular flexibility index (Phi) is 7.47. The van der Waals surface area contributed by atoms with Crippen LogP contribution in [0.5, 0.6) is 0 Å². The fourth-order valence-electron chi connectivity index (χ4n) is 1.68. The van der Waals surface area contributed by atoms with E-state index in [1.165, 1.54) is 18.3 Å². The molecule has 4 nitrogen and oxygen atoms in total. The van der Waals surface area contributed by atoms with Crippen molar-refractivity contribution in [2.24, 2.45) is 0 Å². The van der Waals surface area contributed by atoms with Crippen molar-refractivity contribution in [1.29, 1.82) is 0 Å². The monoisotopic (exact) mass is 351 g/mol. The number of amides is 1. The first-order chi connectivity index (χ1) is 9.49. The number of rotatable bonds is 2. The number of benzene rings is 1. The summed E-state index contributed by atoms with van der Waals surface area (Å²) in [5.41, 5.74) is 4.24. The molecule has 9 heteroatoms. The Morgan fingerprint density at radius 1 is 1.38 bits per heavy atom. The average molecular weight is 351 g/mol. The molecule has 0 spiro atoms. The summed E-state index contributed by atoms with van der Waals surface area (Å²) in [4.78, 5) is 15.4. The van der Waals surface area contributed by atoms with E-state index in [1.807, 2.05) is 0 Å². The van der Waals surface area contributed by atoms with Gasteiger partial charge in [0.15, 0.2) is 0 Å². The van der Waals surface area contributed by atoms with Crippen LogP contribution in [-0.4, -0.2) is 15.2 Å². The van der Waals surface area contributed by atoms with Crippen LogP contribution in [0.3, 0.4) is 0 Å². The maximum Gasteiger partial charge on any atom is 1.00 e. The molecule has 2 rings (SSSR count). The number of fused-ring (bicyclic) bond motifs is 1. The second-order valence-corrected chi connectivity index (χ2v) is 4.93. The molecule has 1 aromatic carbocycles. The van der Waals surface area contributed by atoms with E-state index in [0.29, 0.717) is 0 Å². The SMILES string of the molecule is O=C(Cc1c(F)cc2ncccc2c1F)NNC(=S)[S-].[K+]. The topological polar surface area (TPSA) is 54.0 Å². The minimum atomic E-state index is -0.829. The van der Waals surface area contributed by atoms with Gasteiger partial charge in [-0.05, 0) is 16.5 Å². The number of carbonyl (C=O) groups is 1. The molecule has 1 heterocycles. The summed E-state index contributed by atoms with van der Waals surface area (Å²) < 4.78 is 27.9. The van der Waals surface area contributed by atoms with E-state index in [0.717, 1.165) is 6.07 Å². The van der Waals surface area contributed by atoms with E-state index >= 15 is 0 Å². The standard InChI is InChI=1S/C12H9F2N3OS2.K/c13-8-5-9-6(2-1-3-15-9)11(14)7(8)4-10(18)16-17-12(19)20;/h1-3,5H,4H2,(H,16,18)(H2,17,19,20);/q;+1/p-1. The first-order valence-corrected chi connectivity index (χ1v) is 6.28. The van der Waals surface area contributed by atoms with Gasteiger partial charge in [-0.3, -0.25) is 15.2 Å². The van der Waals surface area contributed by atoms with Gasteiger partial charge < -0.3 is 30.3 Å². The number of hydrogen-bond acceptors (Lipinski definition) is 4. The molecule has 1 amide bonds. The second kappa shape index (κ2) is 8.37. The van der Waals surface area contributed by atoms with Crippen molar-refractivity contribution < 1.29 is 65.0 Å². The van der Waals surface area contributed by atoms with Gasteiger partial charge in [0, 0.05) is 23.2 Å². The number of pyridine rings is 1. The van der Waals surface area contributed by atoms with Gasteiger partial charge in [-0.1, -0.05) is 0 Å². The third kappa shape index (κ3) is 4.85. The minimum Gasteiger partial charge on any atom is -0.410 e. The van der Waals surface area contributed by atoms with E-state index in [9.17, 15) is 13.6 Å². The Hall–Kier alpha value is -0.294. The Bertz CT molecular complexity index is 700. The maximum absolute atomic E-state index is 14.2. The molecule has 21 heavy (non-hydrogen) atoms. The normalized spacial score (nSPS) is 9.81. The van der Waals surface area contributed by atoms with Crippen molar-refractivity contribution in [1.82, 2.24) is 15.8 Å². The number of nitrogens with one attached hydrogen (secondary N) is 2. The van der Waals surface area contributed by atoms with E-state index in [-0.39, 0.29) is 72.2 Å². The number of halogens is 2. The molecule has 0 atom stereocenters. The van der Waals surface area contributed by atoms with Gasteiger partial charge >= 0.3 is 51.4 Å². The van der Waals surface area contributed by atoms with Crippen molar-refractivity contribution in [3.05, 3.63) is 41.6 Å². The van der Waals surface area contributed by atoms with E-state index in [4.69, 9.17) is 0 Å². The zero-order valence-corrected chi connectivity index (χ0v) is 15.7. The largest absolute Gasteiger partial charge is 1.00 e. The van der Waals surface area contributed by atoms with Crippen LogP contribution in [0.15, 0.2) is 24.4 Å². The first kappa shape index (κ1) is 18.8. The number of hydrogen-bond donors (Lipinski definition) is 2. The predicted molar refractivity (Wildman–Crippen MR) is 76.6 cm³/mol. The van der Waals surface area contributed by atoms with Crippen molar-refractivity contribution in [2.45, 2.75) is 6.42 Å². The second-order valence-electron chi connectivity index (χ2n) is 3.86. The van der Waals surface area contributed by atoms with Crippen LogP contribution in [0.4, 0.5) is 8.78 Å². The van der Waals surface area contributed by atoms with Crippen LogP contribution in [0.2, 0.25) is 0 Å². The van der Waals surface area contributed by atoms with Crippen LogP contribution >= 0.6 is 12.2 Å². The molecular formula is C12H8F2KN3OS2. The van der Waals surface area contributed by atoms with Crippen LogP contribution < -0.4 is 62.2 Å². The van der Waals surface area contributed by atoms with Gasteiger partial charge in [-0.15, -0.1) is 0 Å². The van der Waals surface area contributed by atoms with Crippen LogP contribution in [0, 0.1) is 11.6 Å². The minimum absolute atomic E-state index is 0. The summed E-state index contributed by atoms with van der Waals surface area (Å²) >= 11 is 9.05. The van der Waals surface area contributed by atoms with Gasteiger partial charge in [0.1, 0.15) is 11.6 Å². The third-order valence-corrected chi connectivity index (χ3v) is 2.74. The van der Waals surface area contributed by atoms with Gasteiger partial charge in [-0.2, -0.15) is 0 Å². The van der Waals surface area contributed by atoms with Crippen molar-refractivity contribution in [3.63, 3.8) is 0 Å². The fraction of sp³-hybridized carbons (Fsp3) is 0.0833. The fourth-order valence-corrected chi connectivity index (χ4v) is 1.78. The van der Waals surface area contributed by atoms with Crippen molar-refractivity contribution in [3.8, 4) is 0 Å². The quantitative estimate of drug-likeness (QED) is 0.299. The molecule has 0 aliphatic carbocycles. The Labute approximate surface area is 172 Å². The van der Waals surface area contributed by atoms with E-state index in [1.54, 1.807) is 0 Å². The van der Waals surface area contributed by atoms with Crippen LogP contribution in [-0.2, 0) is 23.8 Å². The molecule has 0 unspecified atom stereocenters. The van der Waals surface area contributed by atoms with Gasteiger partial charge in [0.05, 0.1) is 11.9 Å².